The van der Waals surface area contributed by atoms with Crippen LogP contribution in [-0.2, 0) is 11.3 Å². The second-order valence-corrected chi connectivity index (χ2v) is 4.57. The molecule has 6 heteroatoms. The van der Waals surface area contributed by atoms with Gasteiger partial charge >= 0.3 is 6.03 Å². The largest absolute Gasteiger partial charge is 0.399 e. The van der Waals surface area contributed by atoms with Crippen molar-refractivity contribution in [3.8, 4) is 0 Å². The highest BCUT2D eigenvalue weighted by Gasteiger charge is 2.27. The van der Waals surface area contributed by atoms with Gasteiger partial charge in [0.15, 0.2) is 0 Å². The van der Waals surface area contributed by atoms with Gasteiger partial charge in [0.05, 0.1) is 5.69 Å². The van der Waals surface area contributed by atoms with Gasteiger partial charge in [-0.2, -0.15) is 0 Å². The highest BCUT2D eigenvalue weighted by Crippen LogP contribution is 2.29. The van der Waals surface area contributed by atoms with Crippen LogP contribution in [0.15, 0.2) is 18.2 Å². The lowest BCUT2D eigenvalue weighted by Crippen LogP contribution is -2.46. The Balaban J connectivity index is 2.17. The van der Waals surface area contributed by atoms with Crippen molar-refractivity contribution in [2.24, 2.45) is 0 Å². The SMILES string of the molecule is CNC(=O)CCN1Cc2cc(N)ccc2N(C)C1=O. The zero-order valence-corrected chi connectivity index (χ0v) is 11.1. The van der Waals surface area contributed by atoms with Crippen LogP contribution in [0, 0.1) is 0 Å². The first-order chi connectivity index (χ1) is 9.02. The van der Waals surface area contributed by atoms with Crippen LogP contribution in [0.1, 0.15) is 12.0 Å². The summed E-state index contributed by atoms with van der Waals surface area (Å²) < 4.78 is 0. The van der Waals surface area contributed by atoms with Gasteiger partial charge in [-0.05, 0) is 23.8 Å². The fraction of sp³-hybridized carbons (Fsp3) is 0.385. The van der Waals surface area contributed by atoms with Crippen molar-refractivity contribution in [2.45, 2.75) is 13.0 Å². The molecule has 0 saturated heterocycles. The van der Waals surface area contributed by atoms with Crippen LogP contribution in [0.5, 0.6) is 0 Å². The second-order valence-electron chi connectivity index (χ2n) is 4.57. The molecule has 0 aliphatic carbocycles. The maximum atomic E-state index is 12.2. The number of anilines is 2. The van der Waals surface area contributed by atoms with Gasteiger partial charge < -0.3 is 16.0 Å². The predicted octanol–water partition coefficient (Wildman–Crippen LogP) is 0.777. The van der Waals surface area contributed by atoms with Crippen molar-refractivity contribution in [1.29, 1.82) is 0 Å². The Morgan fingerprint density at radius 1 is 1.47 bits per heavy atom. The molecule has 3 N–H and O–H groups in total. The number of hydrogen-bond acceptors (Lipinski definition) is 3. The molecule has 3 amide bonds. The lowest BCUT2D eigenvalue weighted by atomic mass is 10.1. The van der Waals surface area contributed by atoms with E-state index in [0.717, 1.165) is 11.3 Å². The molecule has 19 heavy (non-hydrogen) atoms. The molecule has 0 saturated carbocycles. The van der Waals surface area contributed by atoms with Gasteiger partial charge in [0.1, 0.15) is 0 Å². The highest BCUT2D eigenvalue weighted by atomic mass is 16.2. The van der Waals surface area contributed by atoms with E-state index in [-0.39, 0.29) is 11.9 Å². The third kappa shape index (κ3) is 2.62. The van der Waals surface area contributed by atoms with Crippen LogP contribution < -0.4 is 16.0 Å². The molecule has 102 valence electrons. The third-order valence-corrected chi connectivity index (χ3v) is 3.27. The molecule has 1 aliphatic rings. The van der Waals surface area contributed by atoms with E-state index < -0.39 is 0 Å². The number of nitrogen functional groups attached to an aromatic ring is 1. The Bertz CT molecular complexity index is 515. The number of nitrogens with one attached hydrogen (secondary N) is 1. The van der Waals surface area contributed by atoms with E-state index in [9.17, 15) is 9.59 Å². The number of benzene rings is 1. The van der Waals surface area contributed by atoms with Gasteiger partial charge in [-0.25, -0.2) is 4.79 Å². The fourth-order valence-corrected chi connectivity index (χ4v) is 2.18. The maximum Gasteiger partial charge on any atom is 0.324 e. The minimum Gasteiger partial charge on any atom is -0.399 e. The Morgan fingerprint density at radius 2 is 2.21 bits per heavy atom. The molecule has 2 rings (SSSR count). The van der Waals surface area contributed by atoms with Crippen molar-refractivity contribution in [1.82, 2.24) is 10.2 Å². The lowest BCUT2D eigenvalue weighted by molar-refractivity contribution is -0.120. The average molecular weight is 262 g/mol. The monoisotopic (exact) mass is 262 g/mol. The zero-order valence-electron chi connectivity index (χ0n) is 11.1. The number of carbonyl (C=O) groups excluding carboxylic acids is 2. The summed E-state index contributed by atoms with van der Waals surface area (Å²) in [6, 6.07) is 5.40. The molecule has 0 fully saturated rings. The van der Waals surface area contributed by atoms with Crippen LogP contribution >= 0.6 is 0 Å². The summed E-state index contributed by atoms with van der Waals surface area (Å²) in [4.78, 5) is 26.7. The maximum absolute atomic E-state index is 12.2. The minimum atomic E-state index is -0.0961. The summed E-state index contributed by atoms with van der Waals surface area (Å²) in [7, 11) is 3.31. The van der Waals surface area contributed by atoms with E-state index in [4.69, 9.17) is 5.73 Å². The number of fused-ring (bicyclic) bond motifs is 1. The van der Waals surface area contributed by atoms with Crippen LogP contribution in [0.25, 0.3) is 0 Å². The molecular formula is C13H18N4O2. The Morgan fingerprint density at radius 3 is 2.89 bits per heavy atom. The third-order valence-electron chi connectivity index (χ3n) is 3.27. The van der Waals surface area contributed by atoms with Crippen molar-refractivity contribution < 1.29 is 9.59 Å². The first-order valence-corrected chi connectivity index (χ1v) is 6.14. The number of nitrogens with two attached hydrogens (primary N) is 1. The minimum absolute atomic E-state index is 0.0752. The fourth-order valence-electron chi connectivity index (χ4n) is 2.18. The van der Waals surface area contributed by atoms with Crippen molar-refractivity contribution >= 4 is 23.3 Å². The normalized spacial score (nSPS) is 14.3. The summed E-state index contributed by atoms with van der Waals surface area (Å²) in [6.45, 7) is 0.887. The van der Waals surface area contributed by atoms with Gasteiger partial charge in [0.2, 0.25) is 5.91 Å². The van der Waals surface area contributed by atoms with Gasteiger partial charge in [0, 0.05) is 39.3 Å². The standard InChI is InChI=1S/C13H18N4O2/c1-15-12(18)5-6-17-8-9-7-10(14)3-4-11(9)16(2)13(17)19/h3-4,7H,5-6,8,14H2,1-2H3,(H,15,18). The molecule has 1 aromatic carbocycles. The Hall–Kier alpha value is -2.24. The molecule has 0 bridgehead atoms. The Kier molecular flexibility index (Phi) is 3.59. The summed E-state index contributed by atoms with van der Waals surface area (Å²) in [5.74, 6) is -0.0752. The van der Waals surface area contributed by atoms with Gasteiger partial charge in [0.25, 0.3) is 0 Å². The van der Waals surface area contributed by atoms with Crippen LogP contribution in [0.2, 0.25) is 0 Å². The first-order valence-electron chi connectivity index (χ1n) is 6.14. The molecule has 0 atom stereocenters. The lowest BCUT2D eigenvalue weighted by Gasteiger charge is -2.35. The Labute approximate surface area is 112 Å². The van der Waals surface area contributed by atoms with Crippen molar-refractivity contribution in [3.63, 3.8) is 0 Å². The highest BCUT2D eigenvalue weighted by molar-refractivity contribution is 5.94. The van der Waals surface area contributed by atoms with Gasteiger partial charge in [-0.15, -0.1) is 0 Å². The van der Waals surface area contributed by atoms with E-state index in [1.54, 1.807) is 30.0 Å². The van der Waals surface area contributed by atoms with Crippen molar-refractivity contribution in [2.75, 3.05) is 31.3 Å². The molecule has 0 spiro atoms. The molecule has 1 aliphatic heterocycles. The summed E-state index contributed by atoms with van der Waals surface area (Å²) in [6.07, 6.45) is 0.299. The molecule has 1 aromatic rings. The molecular weight excluding hydrogens is 244 g/mol. The van der Waals surface area contributed by atoms with E-state index in [0.29, 0.717) is 25.2 Å². The predicted molar refractivity (Wildman–Crippen MR) is 73.7 cm³/mol. The van der Waals surface area contributed by atoms with Crippen molar-refractivity contribution in [3.05, 3.63) is 23.8 Å². The summed E-state index contributed by atoms with van der Waals surface area (Å²) >= 11 is 0. The number of amides is 3. The van der Waals surface area contributed by atoms with Crippen LogP contribution in [-0.4, -0.2) is 37.5 Å². The number of urea groups is 1. The summed E-state index contributed by atoms with van der Waals surface area (Å²) in [5, 5.41) is 2.55. The average Bonchev–Trinajstić information content (AvgIpc) is 2.40. The molecule has 0 aromatic heterocycles. The molecule has 1 heterocycles. The molecule has 6 nitrogen and oxygen atoms in total. The van der Waals surface area contributed by atoms with Gasteiger partial charge in [-0.1, -0.05) is 0 Å². The smallest absolute Gasteiger partial charge is 0.324 e. The van der Waals surface area contributed by atoms with Gasteiger partial charge in [-0.3, -0.25) is 9.69 Å². The number of hydrogen-bond donors (Lipinski definition) is 2. The number of rotatable bonds is 3. The number of nitrogens with zero attached hydrogens (tertiary/aromatic N) is 2. The summed E-state index contributed by atoms with van der Waals surface area (Å²) in [5.41, 5.74) is 8.31. The van der Waals surface area contributed by atoms with E-state index in [2.05, 4.69) is 5.32 Å². The first kappa shape index (κ1) is 13.2. The molecule has 0 unspecified atom stereocenters. The van der Waals surface area contributed by atoms with E-state index >= 15 is 0 Å². The van der Waals surface area contributed by atoms with Crippen LogP contribution in [0.3, 0.4) is 0 Å². The van der Waals surface area contributed by atoms with Crippen LogP contribution in [0.4, 0.5) is 16.2 Å². The quantitative estimate of drug-likeness (QED) is 0.790. The second kappa shape index (κ2) is 5.17. The van der Waals surface area contributed by atoms with E-state index in [1.165, 1.54) is 0 Å². The topological polar surface area (TPSA) is 78.7 Å². The zero-order chi connectivity index (χ0) is 14.0. The molecule has 0 radical (unpaired) electrons. The van der Waals surface area contributed by atoms with E-state index in [1.807, 2.05) is 12.1 Å². The number of carbonyl (C=O) groups is 2.